The van der Waals surface area contributed by atoms with Gasteiger partial charge in [-0.15, -0.1) is 0 Å². The number of halogens is 1. The van der Waals surface area contributed by atoms with Gasteiger partial charge in [0.2, 0.25) is 0 Å². The second-order valence-electron chi connectivity index (χ2n) is 3.55. The standard InChI is InChI=1S/C10H10FN3O/c1-10(2,6-12)14-9(15)8-4-3-7(11)5-13-8/h3-5H,1-2H3,(H,14,15). The Bertz CT molecular complexity index is 406. The molecule has 1 heterocycles. The molecule has 0 fully saturated rings. The summed E-state index contributed by atoms with van der Waals surface area (Å²) in [6.07, 6.45) is 0.953. The Labute approximate surface area is 86.7 Å². The normalized spacial score (nSPS) is 10.5. The molecule has 1 N–H and O–H groups in total. The highest BCUT2D eigenvalue weighted by Gasteiger charge is 2.20. The van der Waals surface area contributed by atoms with Gasteiger partial charge >= 0.3 is 0 Å². The fraction of sp³-hybridized carbons (Fsp3) is 0.300. The fourth-order valence-electron chi connectivity index (χ4n) is 0.886. The monoisotopic (exact) mass is 207 g/mol. The maximum absolute atomic E-state index is 12.5. The zero-order chi connectivity index (χ0) is 11.5. The van der Waals surface area contributed by atoms with Gasteiger partial charge in [-0.2, -0.15) is 5.26 Å². The third-order valence-corrected chi connectivity index (χ3v) is 1.67. The lowest BCUT2D eigenvalue weighted by molar-refractivity contribution is 0.0924. The summed E-state index contributed by atoms with van der Waals surface area (Å²) in [4.78, 5) is 15.1. The maximum Gasteiger partial charge on any atom is 0.271 e. The van der Waals surface area contributed by atoms with E-state index in [1.807, 2.05) is 6.07 Å². The van der Waals surface area contributed by atoms with Crippen LogP contribution in [0.25, 0.3) is 0 Å². The molecule has 5 heteroatoms. The van der Waals surface area contributed by atoms with E-state index < -0.39 is 17.3 Å². The van der Waals surface area contributed by atoms with Crippen LogP contribution < -0.4 is 5.32 Å². The molecule has 0 radical (unpaired) electrons. The quantitative estimate of drug-likeness (QED) is 0.793. The Hall–Kier alpha value is -1.96. The first-order chi connectivity index (χ1) is 6.94. The molecule has 1 aromatic heterocycles. The number of pyridine rings is 1. The van der Waals surface area contributed by atoms with Crippen molar-refractivity contribution in [1.82, 2.24) is 10.3 Å². The van der Waals surface area contributed by atoms with Crippen LogP contribution in [0.4, 0.5) is 4.39 Å². The number of hydrogen-bond acceptors (Lipinski definition) is 3. The fourth-order valence-corrected chi connectivity index (χ4v) is 0.886. The van der Waals surface area contributed by atoms with Crippen LogP contribution in [0, 0.1) is 17.1 Å². The van der Waals surface area contributed by atoms with E-state index in [-0.39, 0.29) is 5.69 Å². The van der Waals surface area contributed by atoms with Crippen LogP contribution in [0.5, 0.6) is 0 Å². The highest BCUT2D eigenvalue weighted by Crippen LogP contribution is 2.03. The van der Waals surface area contributed by atoms with Crippen molar-refractivity contribution in [2.24, 2.45) is 0 Å². The molecular formula is C10H10FN3O. The molecule has 0 spiro atoms. The van der Waals surface area contributed by atoms with Crippen LogP contribution in [-0.4, -0.2) is 16.4 Å². The number of nitrogens with zero attached hydrogens (tertiary/aromatic N) is 2. The minimum atomic E-state index is -0.965. The van der Waals surface area contributed by atoms with E-state index in [0.29, 0.717) is 0 Å². The van der Waals surface area contributed by atoms with E-state index in [2.05, 4.69) is 10.3 Å². The Morgan fingerprint density at radius 3 is 2.73 bits per heavy atom. The molecule has 0 aliphatic carbocycles. The number of nitrogens with one attached hydrogen (secondary N) is 1. The zero-order valence-electron chi connectivity index (χ0n) is 8.41. The van der Waals surface area contributed by atoms with Crippen molar-refractivity contribution in [2.45, 2.75) is 19.4 Å². The van der Waals surface area contributed by atoms with Gasteiger partial charge in [0.1, 0.15) is 17.1 Å². The molecule has 1 amide bonds. The SMILES string of the molecule is CC(C)(C#N)NC(=O)c1ccc(F)cn1. The predicted octanol–water partition coefficient (Wildman–Crippen LogP) is 1.25. The van der Waals surface area contributed by atoms with Crippen LogP contribution in [0.3, 0.4) is 0 Å². The van der Waals surface area contributed by atoms with E-state index >= 15 is 0 Å². The number of aromatic nitrogens is 1. The van der Waals surface area contributed by atoms with Crippen LogP contribution in [0.2, 0.25) is 0 Å². The molecule has 0 aliphatic rings. The molecule has 4 nitrogen and oxygen atoms in total. The second-order valence-corrected chi connectivity index (χ2v) is 3.55. The van der Waals surface area contributed by atoms with Gasteiger partial charge in [0, 0.05) is 0 Å². The van der Waals surface area contributed by atoms with E-state index in [1.54, 1.807) is 13.8 Å². The van der Waals surface area contributed by atoms with E-state index in [1.165, 1.54) is 6.07 Å². The average Bonchev–Trinajstić information content (AvgIpc) is 2.18. The van der Waals surface area contributed by atoms with Crippen LogP contribution in [0.1, 0.15) is 24.3 Å². The molecule has 0 aromatic carbocycles. The Balaban J connectivity index is 2.79. The lowest BCUT2D eigenvalue weighted by Crippen LogP contribution is -2.42. The van der Waals surface area contributed by atoms with Gasteiger partial charge in [0.05, 0.1) is 12.3 Å². The predicted molar refractivity (Wildman–Crippen MR) is 51.4 cm³/mol. The van der Waals surface area contributed by atoms with Crippen molar-refractivity contribution in [3.63, 3.8) is 0 Å². The number of carbonyl (C=O) groups is 1. The van der Waals surface area contributed by atoms with Gasteiger partial charge in [-0.25, -0.2) is 9.37 Å². The third-order valence-electron chi connectivity index (χ3n) is 1.67. The third kappa shape index (κ3) is 3.02. The van der Waals surface area contributed by atoms with Crippen molar-refractivity contribution in [3.05, 3.63) is 29.8 Å². The summed E-state index contributed by atoms with van der Waals surface area (Å²) < 4.78 is 12.5. The number of amides is 1. The van der Waals surface area contributed by atoms with Crippen molar-refractivity contribution < 1.29 is 9.18 Å². The summed E-state index contributed by atoms with van der Waals surface area (Å²) in [6, 6.07) is 4.32. The number of hydrogen-bond donors (Lipinski definition) is 1. The van der Waals surface area contributed by atoms with Crippen molar-refractivity contribution in [3.8, 4) is 6.07 Å². The smallest absolute Gasteiger partial charge is 0.271 e. The number of rotatable bonds is 2. The lowest BCUT2D eigenvalue weighted by atomic mass is 10.1. The summed E-state index contributed by atoms with van der Waals surface area (Å²) in [6.45, 7) is 3.13. The molecular weight excluding hydrogens is 197 g/mol. The molecule has 1 aromatic rings. The first-order valence-corrected chi connectivity index (χ1v) is 4.30. The minimum absolute atomic E-state index is 0.0831. The largest absolute Gasteiger partial charge is 0.333 e. The summed E-state index contributed by atoms with van der Waals surface area (Å²) in [7, 11) is 0. The zero-order valence-corrected chi connectivity index (χ0v) is 8.41. The first kappa shape index (κ1) is 11.1. The molecule has 0 aliphatic heterocycles. The van der Waals surface area contributed by atoms with Crippen LogP contribution in [0.15, 0.2) is 18.3 Å². The summed E-state index contributed by atoms with van der Waals surface area (Å²) >= 11 is 0. The van der Waals surface area contributed by atoms with Gasteiger partial charge in [-0.1, -0.05) is 0 Å². The summed E-state index contributed by atoms with van der Waals surface area (Å²) in [5.74, 6) is -1.01. The number of nitriles is 1. The Morgan fingerprint density at radius 2 is 2.27 bits per heavy atom. The van der Waals surface area contributed by atoms with Gasteiger partial charge < -0.3 is 5.32 Å². The van der Waals surface area contributed by atoms with Crippen molar-refractivity contribution >= 4 is 5.91 Å². The molecule has 0 atom stereocenters. The van der Waals surface area contributed by atoms with Crippen LogP contribution >= 0.6 is 0 Å². The van der Waals surface area contributed by atoms with Gasteiger partial charge in [-0.3, -0.25) is 4.79 Å². The van der Waals surface area contributed by atoms with Gasteiger partial charge in [0.25, 0.3) is 5.91 Å². The highest BCUT2D eigenvalue weighted by atomic mass is 19.1. The highest BCUT2D eigenvalue weighted by molar-refractivity contribution is 5.92. The molecule has 78 valence electrons. The van der Waals surface area contributed by atoms with Gasteiger partial charge in [0.15, 0.2) is 0 Å². The Morgan fingerprint density at radius 1 is 1.60 bits per heavy atom. The summed E-state index contributed by atoms with van der Waals surface area (Å²) in [5.41, 5.74) is -0.882. The molecule has 15 heavy (non-hydrogen) atoms. The first-order valence-electron chi connectivity index (χ1n) is 4.30. The molecule has 0 unspecified atom stereocenters. The molecule has 0 saturated carbocycles. The summed E-state index contributed by atoms with van der Waals surface area (Å²) in [5, 5.41) is 11.1. The van der Waals surface area contributed by atoms with E-state index in [9.17, 15) is 9.18 Å². The van der Waals surface area contributed by atoms with Gasteiger partial charge in [-0.05, 0) is 26.0 Å². The van der Waals surface area contributed by atoms with Crippen LogP contribution in [-0.2, 0) is 0 Å². The molecule has 0 saturated heterocycles. The van der Waals surface area contributed by atoms with E-state index in [4.69, 9.17) is 5.26 Å². The maximum atomic E-state index is 12.5. The second kappa shape index (κ2) is 4.05. The lowest BCUT2D eigenvalue weighted by Gasteiger charge is -2.16. The molecule has 1 rings (SSSR count). The minimum Gasteiger partial charge on any atom is -0.333 e. The average molecular weight is 207 g/mol. The molecule has 0 bridgehead atoms. The topological polar surface area (TPSA) is 65.8 Å². The van der Waals surface area contributed by atoms with E-state index in [0.717, 1.165) is 12.3 Å². The number of carbonyl (C=O) groups excluding carboxylic acids is 1. The Kier molecular flexibility index (Phi) is 3.00. The van der Waals surface area contributed by atoms with Crippen molar-refractivity contribution in [1.29, 1.82) is 5.26 Å². The van der Waals surface area contributed by atoms with Crippen molar-refractivity contribution in [2.75, 3.05) is 0 Å².